The average Bonchev–Trinajstić information content (AvgIpc) is 4.43. The van der Waals surface area contributed by atoms with Gasteiger partial charge >= 0.3 is 0 Å². The van der Waals surface area contributed by atoms with Crippen LogP contribution in [0.5, 0.6) is 0 Å². The van der Waals surface area contributed by atoms with E-state index in [-0.39, 0.29) is 5.41 Å². The first-order valence-electron chi connectivity index (χ1n) is 27.3. The minimum absolute atomic E-state index is 0.277. The van der Waals surface area contributed by atoms with Gasteiger partial charge in [0, 0.05) is 71.7 Å². The minimum atomic E-state index is -0.277. The van der Waals surface area contributed by atoms with Crippen molar-refractivity contribution in [3.8, 4) is 55.9 Å². The zero-order valence-corrected chi connectivity index (χ0v) is 43.7. The molecule has 0 fully saturated rings. The number of fused-ring (bicyclic) bond motifs is 12. The van der Waals surface area contributed by atoms with E-state index in [1.165, 1.54) is 82.6 Å². The molecule has 0 spiro atoms. The van der Waals surface area contributed by atoms with Crippen molar-refractivity contribution in [2.24, 2.45) is 0 Å². The highest BCUT2D eigenvalue weighted by Gasteiger charge is 2.37. The van der Waals surface area contributed by atoms with Crippen LogP contribution in [0.1, 0.15) is 25.0 Å². The molecule has 4 nitrogen and oxygen atoms in total. The highest BCUT2D eigenvalue weighted by molar-refractivity contribution is 6.12. The number of nitrogens with zero attached hydrogens (tertiary/aromatic N) is 3. The fourth-order valence-corrected chi connectivity index (χ4v) is 13.1. The molecule has 0 bridgehead atoms. The number of hydrogen-bond donors (Lipinski definition) is 0. The number of para-hydroxylation sites is 6. The zero-order valence-electron chi connectivity index (χ0n) is 43.7. The summed E-state index contributed by atoms with van der Waals surface area (Å²) in [6.45, 7) is 4.76. The molecule has 372 valence electrons. The van der Waals surface area contributed by atoms with Gasteiger partial charge in [-0.25, -0.2) is 0 Å². The van der Waals surface area contributed by atoms with Gasteiger partial charge in [0.25, 0.3) is 0 Å². The number of benzene rings is 12. The van der Waals surface area contributed by atoms with E-state index in [4.69, 9.17) is 4.42 Å². The van der Waals surface area contributed by atoms with E-state index in [1.807, 2.05) is 6.07 Å². The Hall–Kier alpha value is -10.2. The van der Waals surface area contributed by atoms with Gasteiger partial charge in [0.2, 0.25) is 0 Å². The van der Waals surface area contributed by atoms with E-state index in [1.54, 1.807) is 0 Å². The molecule has 15 aromatic rings. The van der Waals surface area contributed by atoms with Crippen LogP contribution in [0, 0.1) is 0 Å². The Labute approximate surface area is 457 Å². The smallest absolute Gasteiger partial charge is 0.143 e. The Balaban J connectivity index is 0.799. The van der Waals surface area contributed by atoms with Gasteiger partial charge in [-0.1, -0.05) is 184 Å². The molecule has 1 aliphatic rings. The van der Waals surface area contributed by atoms with E-state index in [0.717, 1.165) is 67.1 Å². The first-order valence-corrected chi connectivity index (χ1v) is 27.3. The lowest BCUT2D eigenvalue weighted by atomic mass is 9.81. The highest BCUT2D eigenvalue weighted by Crippen LogP contribution is 2.52. The lowest BCUT2D eigenvalue weighted by molar-refractivity contribution is 0.660. The van der Waals surface area contributed by atoms with Crippen molar-refractivity contribution in [1.29, 1.82) is 0 Å². The number of rotatable bonds is 8. The molecule has 0 saturated heterocycles. The lowest BCUT2D eigenvalue weighted by Gasteiger charge is -2.28. The summed E-state index contributed by atoms with van der Waals surface area (Å²) in [6.07, 6.45) is 0. The second-order valence-electron chi connectivity index (χ2n) is 21.7. The number of furan rings is 1. The molecule has 0 saturated carbocycles. The monoisotopic (exact) mass is 1010 g/mol. The molecule has 0 amide bonds. The largest absolute Gasteiger partial charge is 0.455 e. The van der Waals surface area contributed by atoms with Gasteiger partial charge in [-0.05, 0) is 153 Å². The molecule has 3 aromatic heterocycles. The van der Waals surface area contributed by atoms with Gasteiger partial charge in [0.05, 0.1) is 22.1 Å². The Morgan fingerprint density at radius 1 is 0.304 bits per heavy atom. The van der Waals surface area contributed by atoms with Crippen molar-refractivity contribution in [3.63, 3.8) is 0 Å². The summed E-state index contributed by atoms with van der Waals surface area (Å²) >= 11 is 0. The molecular weight excluding hydrogens is 959 g/mol. The maximum absolute atomic E-state index is 6.55. The number of hydrogen-bond acceptors (Lipinski definition) is 2. The standard InChI is InChI=1S/C75H51N3O/c1-75(2)67-45-52(58-23-15-24-65-64-22-11-14-27-73(64)79-74(58)65)33-40-59(67)60-42-39-57(47-68(60)75)76(55-35-28-48(29-36-55)50-34-43-71-66(44-50)62-21-10-13-26-70(62)77(71)53-16-5-3-6-17-53)56-37-30-49(31-38-56)51-32-41-63-61-20-9-12-25-69(61)78(72(63)46-51)54-18-7-4-8-19-54/h3-47H,1-2H3. The maximum atomic E-state index is 6.55. The van der Waals surface area contributed by atoms with Crippen LogP contribution in [-0.2, 0) is 5.41 Å². The second-order valence-corrected chi connectivity index (χ2v) is 21.7. The van der Waals surface area contributed by atoms with Crippen LogP contribution in [-0.4, -0.2) is 9.13 Å². The second kappa shape index (κ2) is 17.4. The molecule has 0 N–H and O–H groups in total. The van der Waals surface area contributed by atoms with E-state index in [2.05, 4.69) is 295 Å². The van der Waals surface area contributed by atoms with Crippen LogP contribution >= 0.6 is 0 Å². The van der Waals surface area contributed by atoms with E-state index in [9.17, 15) is 0 Å². The van der Waals surface area contributed by atoms with Crippen molar-refractivity contribution in [2.75, 3.05) is 4.90 Å². The topological polar surface area (TPSA) is 26.2 Å². The molecule has 3 heterocycles. The summed E-state index contributed by atoms with van der Waals surface area (Å²) in [7, 11) is 0. The molecule has 0 atom stereocenters. The van der Waals surface area contributed by atoms with Crippen LogP contribution in [0.4, 0.5) is 17.1 Å². The summed E-state index contributed by atoms with van der Waals surface area (Å²) in [4.78, 5) is 2.42. The van der Waals surface area contributed by atoms with Gasteiger partial charge < -0.3 is 18.5 Å². The Kier molecular flexibility index (Phi) is 9.95. The van der Waals surface area contributed by atoms with Crippen LogP contribution in [0.25, 0.3) is 121 Å². The number of anilines is 3. The fraction of sp³-hybridized carbons (Fsp3) is 0.0400. The van der Waals surface area contributed by atoms with E-state index >= 15 is 0 Å². The van der Waals surface area contributed by atoms with Gasteiger partial charge in [-0.15, -0.1) is 0 Å². The van der Waals surface area contributed by atoms with Crippen LogP contribution < -0.4 is 4.90 Å². The predicted molar refractivity (Wildman–Crippen MR) is 331 cm³/mol. The summed E-state index contributed by atoms with van der Waals surface area (Å²) in [5, 5.41) is 7.27. The van der Waals surface area contributed by atoms with E-state index < -0.39 is 0 Å². The van der Waals surface area contributed by atoms with Crippen LogP contribution in [0.15, 0.2) is 277 Å². The number of aromatic nitrogens is 2. The van der Waals surface area contributed by atoms with Crippen molar-refractivity contribution in [1.82, 2.24) is 9.13 Å². The molecule has 79 heavy (non-hydrogen) atoms. The molecule has 4 heteroatoms. The Morgan fingerprint density at radius 3 is 1.47 bits per heavy atom. The van der Waals surface area contributed by atoms with Crippen molar-refractivity contribution in [3.05, 3.63) is 284 Å². The van der Waals surface area contributed by atoms with Crippen molar-refractivity contribution < 1.29 is 4.42 Å². The average molecular weight is 1010 g/mol. The third kappa shape index (κ3) is 7.01. The summed E-state index contributed by atoms with van der Waals surface area (Å²) in [5.74, 6) is 0. The fourth-order valence-electron chi connectivity index (χ4n) is 13.1. The van der Waals surface area contributed by atoms with Gasteiger partial charge in [0.15, 0.2) is 0 Å². The lowest BCUT2D eigenvalue weighted by Crippen LogP contribution is -2.16. The molecule has 0 unspecified atom stereocenters. The summed E-state index contributed by atoms with van der Waals surface area (Å²) in [5.41, 5.74) is 24.1. The normalized spacial score (nSPS) is 12.8. The molecular formula is C75H51N3O. The first kappa shape index (κ1) is 45.1. The highest BCUT2D eigenvalue weighted by atomic mass is 16.3. The maximum Gasteiger partial charge on any atom is 0.143 e. The first-order chi connectivity index (χ1) is 38.9. The van der Waals surface area contributed by atoms with Gasteiger partial charge in [0.1, 0.15) is 11.2 Å². The summed E-state index contributed by atoms with van der Waals surface area (Å²) in [6, 6.07) is 99.9. The molecule has 0 radical (unpaired) electrons. The zero-order chi connectivity index (χ0) is 52.3. The summed E-state index contributed by atoms with van der Waals surface area (Å²) < 4.78 is 11.3. The molecule has 12 aromatic carbocycles. The third-order valence-corrected chi connectivity index (χ3v) is 16.9. The van der Waals surface area contributed by atoms with E-state index in [0.29, 0.717) is 0 Å². The Morgan fingerprint density at radius 2 is 0.785 bits per heavy atom. The quantitative estimate of drug-likeness (QED) is 0.152. The SMILES string of the molecule is CC1(C)c2cc(-c3cccc4c3oc3ccccc34)ccc2-c2ccc(N(c3ccc(-c4ccc5c(c4)c4ccccc4n5-c4ccccc4)cc3)c3ccc(-c4ccc5c6ccccc6n(-c6ccccc6)c5c4)cc3)cc21. The predicted octanol–water partition coefficient (Wildman–Crippen LogP) is 20.6. The van der Waals surface area contributed by atoms with Crippen LogP contribution in [0.2, 0.25) is 0 Å². The molecule has 16 rings (SSSR count). The van der Waals surface area contributed by atoms with Crippen LogP contribution in [0.3, 0.4) is 0 Å². The molecule has 1 aliphatic carbocycles. The minimum Gasteiger partial charge on any atom is -0.455 e. The van der Waals surface area contributed by atoms with Gasteiger partial charge in [-0.3, -0.25) is 0 Å². The molecule has 0 aliphatic heterocycles. The van der Waals surface area contributed by atoms with Gasteiger partial charge in [-0.2, -0.15) is 0 Å². The van der Waals surface area contributed by atoms with Crippen molar-refractivity contribution >= 4 is 82.6 Å². The Bertz CT molecular complexity index is 4900. The third-order valence-electron chi connectivity index (χ3n) is 16.9. The van der Waals surface area contributed by atoms with Crippen molar-refractivity contribution in [2.45, 2.75) is 19.3 Å².